The molecule has 128 valence electrons. The van der Waals surface area contributed by atoms with Crippen LogP contribution in [0, 0.1) is 0 Å². The molecule has 3 aromatic carbocycles. The van der Waals surface area contributed by atoms with E-state index < -0.39 is 10.0 Å². The Morgan fingerprint density at radius 3 is 2.44 bits per heavy atom. The van der Waals surface area contributed by atoms with Crippen LogP contribution in [0.1, 0.15) is 5.56 Å². The molecule has 0 fully saturated rings. The Labute approximate surface area is 148 Å². The van der Waals surface area contributed by atoms with Crippen molar-refractivity contribution in [2.24, 2.45) is 0 Å². The van der Waals surface area contributed by atoms with Gasteiger partial charge < -0.3 is 5.32 Å². The number of benzene rings is 3. The molecule has 0 radical (unpaired) electrons. The highest BCUT2D eigenvalue weighted by atomic mass is 32.2. The molecule has 0 atom stereocenters. The Balaban J connectivity index is 1.65. The summed E-state index contributed by atoms with van der Waals surface area (Å²) in [7, 11) is -3.56. The molecule has 0 aliphatic carbocycles. The van der Waals surface area contributed by atoms with Crippen LogP contribution in [0.5, 0.6) is 0 Å². The molecule has 4 nitrogen and oxygen atoms in total. The van der Waals surface area contributed by atoms with Crippen LogP contribution in [0.3, 0.4) is 0 Å². The van der Waals surface area contributed by atoms with Gasteiger partial charge in [0.25, 0.3) is 0 Å². The normalized spacial score (nSPS) is 11.4. The van der Waals surface area contributed by atoms with Crippen molar-refractivity contribution in [2.45, 2.75) is 4.90 Å². The largest absolute Gasteiger partial charge is 0.383 e. The molecule has 0 bridgehead atoms. The zero-order chi connectivity index (χ0) is 17.7. The molecule has 5 heteroatoms. The fourth-order valence-electron chi connectivity index (χ4n) is 2.73. The number of hydrogen-bond donors (Lipinski definition) is 2. The smallest absolute Gasteiger partial charge is 0.241 e. The van der Waals surface area contributed by atoms with Crippen LogP contribution in [0.2, 0.25) is 0 Å². The first-order valence-electron chi connectivity index (χ1n) is 8.04. The summed E-state index contributed by atoms with van der Waals surface area (Å²) in [6.07, 6.45) is 1.54. The second-order valence-corrected chi connectivity index (χ2v) is 7.33. The summed E-state index contributed by atoms with van der Waals surface area (Å²) in [4.78, 5) is 0.246. The predicted octanol–water partition coefficient (Wildman–Crippen LogP) is 3.87. The molecule has 0 saturated carbocycles. The highest BCUT2D eigenvalue weighted by Crippen LogP contribution is 2.22. The van der Waals surface area contributed by atoms with Gasteiger partial charge in [-0.1, -0.05) is 67.3 Å². The zero-order valence-electron chi connectivity index (χ0n) is 13.8. The fourth-order valence-corrected chi connectivity index (χ4v) is 3.98. The van der Waals surface area contributed by atoms with Crippen molar-refractivity contribution in [2.75, 3.05) is 18.4 Å². The average molecular weight is 352 g/mol. The van der Waals surface area contributed by atoms with E-state index in [1.54, 1.807) is 30.3 Å². The standard InChI is InChI=1S/C20H20N2O2S/c1-2-16-8-4-6-13-20(16)25(23,24)22-15-14-21-19-12-7-10-17-9-3-5-11-18(17)19/h2-13,21-22H,1,14-15H2. The first kappa shape index (κ1) is 17.2. The second-order valence-electron chi connectivity index (χ2n) is 5.59. The Morgan fingerprint density at radius 2 is 1.60 bits per heavy atom. The summed E-state index contributed by atoms with van der Waals surface area (Å²) < 4.78 is 27.5. The molecular weight excluding hydrogens is 332 g/mol. The van der Waals surface area contributed by atoms with E-state index >= 15 is 0 Å². The van der Waals surface area contributed by atoms with Crippen LogP contribution < -0.4 is 10.0 Å². The van der Waals surface area contributed by atoms with Crippen LogP contribution >= 0.6 is 0 Å². The summed E-state index contributed by atoms with van der Waals surface area (Å²) in [6.45, 7) is 4.44. The lowest BCUT2D eigenvalue weighted by Gasteiger charge is -2.12. The third-order valence-corrected chi connectivity index (χ3v) is 5.49. The maximum absolute atomic E-state index is 12.4. The number of sulfonamides is 1. The van der Waals surface area contributed by atoms with E-state index in [0.29, 0.717) is 12.1 Å². The third-order valence-electron chi connectivity index (χ3n) is 3.95. The molecular formula is C20H20N2O2S. The molecule has 0 aliphatic rings. The van der Waals surface area contributed by atoms with Gasteiger partial charge in [-0.3, -0.25) is 0 Å². The van der Waals surface area contributed by atoms with Crippen molar-refractivity contribution in [3.63, 3.8) is 0 Å². The Hall–Kier alpha value is -2.63. The van der Waals surface area contributed by atoms with Crippen molar-refractivity contribution >= 4 is 32.6 Å². The summed E-state index contributed by atoms with van der Waals surface area (Å²) in [6, 6.07) is 20.9. The van der Waals surface area contributed by atoms with E-state index in [9.17, 15) is 8.42 Å². The summed E-state index contributed by atoms with van der Waals surface area (Å²) in [5.74, 6) is 0. The number of fused-ring (bicyclic) bond motifs is 1. The lowest BCUT2D eigenvalue weighted by molar-refractivity contribution is 0.582. The van der Waals surface area contributed by atoms with Gasteiger partial charge in [0.2, 0.25) is 10.0 Å². The van der Waals surface area contributed by atoms with Gasteiger partial charge >= 0.3 is 0 Å². The SMILES string of the molecule is C=Cc1ccccc1S(=O)(=O)NCCNc1cccc2ccccc12. The maximum atomic E-state index is 12.4. The Kier molecular flexibility index (Phi) is 5.16. The van der Waals surface area contributed by atoms with E-state index in [1.165, 1.54) is 0 Å². The summed E-state index contributed by atoms with van der Waals surface area (Å²) in [5.41, 5.74) is 1.58. The topological polar surface area (TPSA) is 58.2 Å². The first-order chi connectivity index (χ1) is 12.1. The van der Waals surface area contributed by atoms with Crippen molar-refractivity contribution in [1.29, 1.82) is 0 Å². The highest BCUT2D eigenvalue weighted by molar-refractivity contribution is 7.89. The molecule has 0 amide bonds. The van der Waals surface area contributed by atoms with Crippen LogP contribution in [0.25, 0.3) is 16.8 Å². The van der Waals surface area contributed by atoms with Crippen molar-refractivity contribution in [1.82, 2.24) is 4.72 Å². The van der Waals surface area contributed by atoms with E-state index in [4.69, 9.17) is 0 Å². The zero-order valence-corrected chi connectivity index (χ0v) is 14.6. The number of anilines is 1. The predicted molar refractivity (Wildman–Crippen MR) is 104 cm³/mol. The Morgan fingerprint density at radius 1 is 0.880 bits per heavy atom. The Bertz CT molecular complexity index is 992. The average Bonchev–Trinajstić information content (AvgIpc) is 2.65. The van der Waals surface area contributed by atoms with Crippen molar-refractivity contribution in [3.8, 4) is 0 Å². The van der Waals surface area contributed by atoms with Gasteiger partial charge in [0, 0.05) is 24.2 Å². The van der Waals surface area contributed by atoms with Gasteiger partial charge in [0.15, 0.2) is 0 Å². The van der Waals surface area contributed by atoms with Crippen LogP contribution in [-0.4, -0.2) is 21.5 Å². The van der Waals surface area contributed by atoms with Crippen molar-refractivity contribution < 1.29 is 8.42 Å². The van der Waals surface area contributed by atoms with E-state index in [2.05, 4.69) is 28.8 Å². The molecule has 25 heavy (non-hydrogen) atoms. The molecule has 0 unspecified atom stereocenters. The van der Waals surface area contributed by atoms with Gasteiger partial charge in [0.1, 0.15) is 0 Å². The van der Waals surface area contributed by atoms with E-state index in [0.717, 1.165) is 16.5 Å². The lowest BCUT2D eigenvalue weighted by atomic mass is 10.1. The minimum Gasteiger partial charge on any atom is -0.383 e. The third kappa shape index (κ3) is 3.90. The van der Waals surface area contributed by atoms with E-state index in [1.807, 2.05) is 30.3 Å². The van der Waals surface area contributed by atoms with Gasteiger partial charge in [-0.05, 0) is 23.1 Å². The lowest BCUT2D eigenvalue weighted by Crippen LogP contribution is -2.29. The molecule has 0 spiro atoms. The minimum absolute atomic E-state index is 0.246. The monoisotopic (exact) mass is 352 g/mol. The summed E-state index contributed by atoms with van der Waals surface area (Å²) in [5, 5.41) is 5.56. The molecule has 0 heterocycles. The van der Waals surface area contributed by atoms with Crippen molar-refractivity contribution in [3.05, 3.63) is 78.9 Å². The first-order valence-corrected chi connectivity index (χ1v) is 9.53. The van der Waals surface area contributed by atoms with Crippen LogP contribution in [-0.2, 0) is 10.0 Å². The highest BCUT2D eigenvalue weighted by Gasteiger charge is 2.15. The molecule has 3 aromatic rings. The molecule has 2 N–H and O–H groups in total. The van der Waals surface area contributed by atoms with Gasteiger partial charge in [-0.25, -0.2) is 13.1 Å². The summed E-state index contributed by atoms with van der Waals surface area (Å²) >= 11 is 0. The number of nitrogens with one attached hydrogen (secondary N) is 2. The molecule has 0 aromatic heterocycles. The van der Waals surface area contributed by atoms with E-state index in [-0.39, 0.29) is 11.4 Å². The van der Waals surface area contributed by atoms with Gasteiger partial charge in [-0.2, -0.15) is 0 Å². The van der Waals surface area contributed by atoms with Gasteiger partial charge in [0.05, 0.1) is 4.90 Å². The molecule has 3 rings (SSSR count). The minimum atomic E-state index is -3.56. The maximum Gasteiger partial charge on any atom is 0.241 e. The fraction of sp³-hybridized carbons (Fsp3) is 0.100. The molecule has 0 saturated heterocycles. The van der Waals surface area contributed by atoms with Crippen LogP contribution in [0.15, 0.2) is 78.2 Å². The quantitative estimate of drug-likeness (QED) is 0.635. The van der Waals surface area contributed by atoms with Gasteiger partial charge in [-0.15, -0.1) is 0 Å². The second kappa shape index (κ2) is 7.51. The van der Waals surface area contributed by atoms with Crippen LogP contribution in [0.4, 0.5) is 5.69 Å². The molecule has 0 aliphatic heterocycles. The number of hydrogen-bond acceptors (Lipinski definition) is 3. The number of rotatable bonds is 7.